The number of nitrogens with one attached hydrogen (secondary N) is 1. The van der Waals surface area contributed by atoms with Crippen molar-refractivity contribution in [3.05, 3.63) is 69.7 Å². The van der Waals surface area contributed by atoms with Gasteiger partial charge in [-0.15, -0.1) is 0 Å². The topological polar surface area (TPSA) is 86.8 Å². The summed E-state index contributed by atoms with van der Waals surface area (Å²) in [6.45, 7) is 0.137. The fourth-order valence-corrected chi connectivity index (χ4v) is 4.85. The van der Waals surface area contributed by atoms with Crippen LogP contribution in [0.4, 0.5) is 8.78 Å². The van der Waals surface area contributed by atoms with Gasteiger partial charge in [-0.25, -0.2) is 0 Å². The standard InChI is InChI=1S/C22H22B4ClF2N3O4/c23-16(30-19(35)22(28,29)12-2-4-13(27)5-3-12)10-1-6-14-11(7-10)9-31(17(14)33)15-8-21(24,25)20(36)32(26)18(15)34/h1-7,15-16H,8-9,23-26H2,(H,30,35). The van der Waals surface area contributed by atoms with Gasteiger partial charge in [-0.3, -0.25) is 19.2 Å². The Morgan fingerprint density at radius 3 is 2.42 bits per heavy atom. The van der Waals surface area contributed by atoms with Crippen LogP contribution in [-0.4, -0.2) is 70.9 Å². The van der Waals surface area contributed by atoms with Crippen molar-refractivity contribution in [1.82, 2.24) is 15.0 Å². The highest BCUT2D eigenvalue weighted by Gasteiger charge is 2.48. The smallest absolute Gasteiger partial charge is 0.349 e. The lowest BCUT2D eigenvalue weighted by Gasteiger charge is -2.42. The number of amides is 4. The number of piperidine rings is 1. The maximum Gasteiger partial charge on any atom is 0.349 e. The zero-order valence-corrected chi connectivity index (χ0v) is 21.0. The van der Waals surface area contributed by atoms with Crippen molar-refractivity contribution in [1.29, 1.82) is 0 Å². The molecule has 2 unspecified atom stereocenters. The summed E-state index contributed by atoms with van der Waals surface area (Å²) in [5, 5.41) is 1.81. The number of hydrogen-bond donors (Lipinski definition) is 1. The molecule has 2 atom stereocenters. The summed E-state index contributed by atoms with van der Waals surface area (Å²) in [5.41, 5.74) is 1.07. The van der Waals surface area contributed by atoms with Crippen molar-refractivity contribution < 1.29 is 28.0 Å². The predicted molar refractivity (Wildman–Crippen MR) is 140 cm³/mol. The molecule has 36 heavy (non-hydrogen) atoms. The van der Waals surface area contributed by atoms with E-state index in [0.717, 1.165) is 16.9 Å². The molecule has 0 radical (unpaired) electrons. The second-order valence-electron chi connectivity index (χ2n) is 9.93. The maximum absolute atomic E-state index is 14.7. The predicted octanol–water partition coefficient (Wildman–Crippen LogP) is -1.11. The maximum atomic E-state index is 14.7. The zero-order chi connectivity index (χ0) is 26.6. The van der Waals surface area contributed by atoms with Crippen LogP contribution in [-0.2, 0) is 26.9 Å². The number of hydrogen-bond acceptors (Lipinski definition) is 4. The molecule has 4 amide bonds. The average Bonchev–Trinajstić information content (AvgIpc) is 3.16. The molecule has 1 N–H and O–H groups in total. The lowest BCUT2D eigenvalue weighted by atomic mass is 9.49. The van der Waals surface area contributed by atoms with E-state index in [1.165, 1.54) is 25.0 Å². The summed E-state index contributed by atoms with van der Waals surface area (Å²) in [7, 11) is 6.46. The molecule has 2 aromatic carbocycles. The minimum atomic E-state index is -3.76. The molecule has 0 aliphatic carbocycles. The van der Waals surface area contributed by atoms with Crippen LogP contribution in [0.3, 0.4) is 0 Å². The zero-order valence-electron chi connectivity index (χ0n) is 20.3. The van der Waals surface area contributed by atoms with Crippen LogP contribution in [0, 0.1) is 0 Å². The summed E-state index contributed by atoms with van der Waals surface area (Å²) in [4.78, 5) is 53.2. The van der Waals surface area contributed by atoms with Gasteiger partial charge in [0.15, 0.2) is 0 Å². The Morgan fingerprint density at radius 1 is 1.14 bits per heavy atom. The molecular formula is C22H22B4ClF2N3O4. The number of carbonyl (C=O) groups excluding carboxylic acids is 4. The monoisotopic (exact) mass is 509 g/mol. The summed E-state index contributed by atoms with van der Waals surface area (Å²) in [6, 6.07) is 8.82. The Balaban J connectivity index is 1.51. The van der Waals surface area contributed by atoms with Crippen LogP contribution >= 0.6 is 11.6 Å². The van der Waals surface area contributed by atoms with Gasteiger partial charge < -0.3 is 15.0 Å². The molecule has 0 aromatic heterocycles. The van der Waals surface area contributed by atoms with Crippen LogP contribution in [0.25, 0.3) is 0 Å². The Labute approximate surface area is 215 Å². The summed E-state index contributed by atoms with van der Waals surface area (Å²) < 4.78 is 29.4. The normalized spacial score (nSPS) is 20.3. The number of nitrogens with zero attached hydrogens (tertiary/aromatic N) is 2. The highest BCUT2D eigenvalue weighted by Crippen LogP contribution is 2.37. The van der Waals surface area contributed by atoms with Crippen LogP contribution in [0.2, 0.25) is 10.2 Å². The molecule has 2 heterocycles. The molecule has 0 bridgehead atoms. The second kappa shape index (κ2) is 9.10. The molecule has 1 fully saturated rings. The molecule has 7 nitrogen and oxygen atoms in total. The van der Waals surface area contributed by atoms with E-state index in [4.69, 9.17) is 11.6 Å². The third-order valence-electron chi connectivity index (χ3n) is 6.88. The minimum Gasteiger partial charge on any atom is -0.352 e. The summed E-state index contributed by atoms with van der Waals surface area (Å²) in [6.07, 6.45) is 0.202. The van der Waals surface area contributed by atoms with Gasteiger partial charge in [0.25, 0.3) is 11.8 Å². The van der Waals surface area contributed by atoms with Crippen LogP contribution in [0.1, 0.15) is 39.4 Å². The lowest BCUT2D eigenvalue weighted by Crippen LogP contribution is -2.59. The summed E-state index contributed by atoms with van der Waals surface area (Å²) >= 11 is 5.75. The van der Waals surface area contributed by atoms with Crippen LogP contribution in [0.15, 0.2) is 42.5 Å². The molecule has 0 saturated carbocycles. The molecule has 14 heteroatoms. The van der Waals surface area contributed by atoms with Crippen LogP contribution in [0.5, 0.6) is 0 Å². The van der Waals surface area contributed by atoms with Gasteiger partial charge in [0.2, 0.25) is 19.8 Å². The van der Waals surface area contributed by atoms with Crippen molar-refractivity contribution in [3.63, 3.8) is 0 Å². The molecule has 1 saturated heterocycles. The van der Waals surface area contributed by atoms with E-state index in [-0.39, 0.29) is 29.8 Å². The number of alkyl halides is 2. The van der Waals surface area contributed by atoms with Crippen molar-refractivity contribution in [3.8, 4) is 0 Å². The van der Waals surface area contributed by atoms with Gasteiger partial charge in [-0.2, -0.15) is 8.78 Å². The van der Waals surface area contributed by atoms with Crippen molar-refractivity contribution in [2.24, 2.45) is 0 Å². The number of halogens is 3. The Hall–Kier alpha value is -3.07. The number of imide groups is 1. The molecule has 2 aliphatic heterocycles. The van der Waals surface area contributed by atoms with Gasteiger partial charge in [0.1, 0.15) is 29.6 Å². The Bertz CT molecular complexity index is 1280. The third-order valence-corrected chi connectivity index (χ3v) is 7.13. The fraction of sp³-hybridized carbons (Fsp3) is 0.273. The molecule has 0 spiro atoms. The number of benzene rings is 2. The first kappa shape index (κ1) is 26.0. The number of carbonyl (C=O) groups is 4. The van der Waals surface area contributed by atoms with E-state index in [2.05, 4.69) is 5.32 Å². The Morgan fingerprint density at radius 2 is 1.78 bits per heavy atom. The fourth-order valence-electron chi connectivity index (χ4n) is 4.72. The minimum absolute atomic E-state index is 0.137. The van der Waals surface area contributed by atoms with E-state index in [9.17, 15) is 28.0 Å². The third kappa shape index (κ3) is 4.45. The van der Waals surface area contributed by atoms with E-state index in [1.807, 2.05) is 0 Å². The first-order chi connectivity index (χ1) is 16.7. The first-order valence-electron chi connectivity index (χ1n) is 11.4. The van der Waals surface area contributed by atoms with Gasteiger partial charge in [0, 0.05) is 28.6 Å². The second-order valence-corrected chi connectivity index (χ2v) is 10.4. The largest absolute Gasteiger partial charge is 0.352 e. The lowest BCUT2D eigenvalue weighted by molar-refractivity contribution is -0.147. The van der Waals surface area contributed by atoms with E-state index in [1.54, 1.807) is 41.7 Å². The molecule has 182 valence electrons. The van der Waals surface area contributed by atoms with E-state index >= 15 is 0 Å². The van der Waals surface area contributed by atoms with Gasteiger partial charge in [0.05, 0.1) is 0 Å². The molecule has 2 aromatic rings. The van der Waals surface area contributed by atoms with Crippen molar-refractivity contribution in [2.45, 2.75) is 36.1 Å². The molecule has 2 aliphatic rings. The van der Waals surface area contributed by atoms with E-state index < -0.39 is 40.5 Å². The highest BCUT2D eigenvalue weighted by molar-refractivity contribution is 6.54. The SMILES string of the molecule is BC(NC(=O)C(F)(F)c1ccc(Cl)cc1)c1ccc2c(c1)CN(C1CC(B)(B)C(=O)N(B)C1=O)C2=O. The van der Waals surface area contributed by atoms with Crippen molar-refractivity contribution in [2.75, 3.05) is 0 Å². The van der Waals surface area contributed by atoms with Gasteiger partial charge >= 0.3 is 5.92 Å². The highest BCUT2D eigenvalue weighted by atomic mass is 35.5. The molecular weight excluding hydrogens is 487 g/mol. The summed E-state index contributed by atoms with van der Waals surface area (Å²) in [5.74, 6) is -7.07. The first-order valence-corrected chi connectivity index (χ1v) is 11.8. The number of rotatable bonds is 5. The van der Waals surface area contributed by atoms with Crippen molar-refractivity contribution >= 4 is 66.7 Å². The number of fused-ring (bicyclic) bond motifs is 1. The van der Waals surface area contributed by atoms with Gasteiger partial charge in [-0.1, -0.05) is 35.9 Å². The Kier molecular flexibility index (Phi) is 6.58. The molecule has 4 rings (SSSR count). The quantitative estimate of drug-likeness (QED) is 0.410. The van der Waals surface area contributed by atoms with E-state index in [0.29, 0.717) is 16.7 Å². The van der Waals surface area contributed by atoms with Gasteiger partial charge in [-0.05, 0) is 41.0 Å². The van der Waals surface area contributed by atoms with Crippen LogP contribution < -0.4 is 5.32 Å². The average molecular weight is 509 g/mol.